The lowest BCUT2D eigenvalue weighted by Gasteiger charge is -2.26. The van der Waals surface area contributed by atoms with Crippen molar-refractivity contribution in [2.75, 3.05) is 41.4 Å². The Hall–Kier alpha value is -11.3. The molecule has 1 fully saturated rings. The Balaban J connectivity index is 0.000000200. The van der Waals surface area contributed by atoms with Crippen molar-refractivity contribution < 1.29 is 92.0 Å². The van der Waals surface area contributed by atoms with Crippen LogP contribution < -0.4 is 24.8 Å². The van der Waals surface area contributed by atoms with Gasteiger partial charge >= 0.3 is 17.9 Å². The molecule has 0 saturated heterocycles. The van der Waals surface area contributed by atoms with Crippen LogP contribution in [0.5, 0.6) is 5.75 Å². The Kier molecular flexibility index (Phi) is 25.6. The minimum Gasteiger partial charge on any atom is -0.496 e. The summed E-state index contributed by atoms with van der Waals surface area (Å²) in [5.41, 5.74) is -0.563. The highest BCUT2D eigenvalue weighted by atomic mass is 35.5. The van der Waals surface area contributed by atoms with Crippen LogP contribution in [0.1, 0.15) is 117 Å². The molecule has 1 saturated carbocycles. The monoisotopic (exact) mass is 1470 g/mol. The number of esters is 3. The van der Waals surface area contributed by atoms with Crippen molar-refractivity contribution in [3.63, 3.8) is 0 Å². The van der Waals surface area contributed by atoms with Crippen LogP contribution in [-0.4, -0.2) is 91.1 Å². The molecule has 0 radical (unpaired) electrons. The largest absolute Gasteiger partial charge is 0.496 e. The van der Waals surface area contributed by atoms with Gasteiger partial charge in [0, 0.05) is 81.2 Å². The molecular weight excluding hydrogens is 1400 g/mol. The van der Waals surface area contributed by atoms with Gasteiger partial charge in [0.25, 0.3) is 23.6 Å². The number of carbonyl (C=O) groups excluding carboxylic acids is 7. The molecule has 4 amide bonds. The maximum Gasteiger partial charge on any atom is 0.326 e. The van der Waals surface area contributed by atoms with Crippen LogP contribution in [-0.2, 0) is 28.6 Å². The van der Waals surface area contributed by atoms with Gasteiger partial charge in [-0.25, -0.2) is 39.5 Å². The molecule has 25 heteroatoms. The third-order valence-electron chi connectivity index (χ3n) is 15.0. The molecule has 1 N–H and O–H groups in total. The van der Waals surface area contributed by atoms with Crippen LogP contribution in [0, 0.1) is 52.4 Å². The molecule has 548 valence electrons. The molecule has 15 nitrogen and oxygen atoms in total. The van der Waals surface area contributed by atoms with Gasteiger partial charge in [-0.3, -0.25) is 48.3 Å². The van der Waals surface area contributed by atoms with E-state index < -0.39 is 141 Å². The highest BCUT2D eigenvalue weighted by Crippen LogP contribution is 2.36. The summed E-state index contributed by atoms with van der Waals surface area (Å²) in [5, 5.41) is 3.37. The summed E-state index contributed by atoms with van der Waals surface area (Å²) < 4.78 is 148. The normalized spacial score (nSPS) is 11.9. The van der Waals surface area contributed by atoms with Crippen LogP contribution in [0.4, 0.5) is 56.6 Å². The molecule has 9 aromatic rings. The van der Waals surface area contributed by atoms with E-state index >= 15 is 0 Å². The van der Waals surface area contributed by atoms with Crippen LogP contribution in [0.15, 0.2) is 182 Å². The Bertz CT molecular complexity index is 4680. The second-order valence-electron chi connectivity index (χ2n) is 26.8. The topological polar surface area (TPSA) is 178 Å². The van der Waals surface area contributed by atoms with Gasteiger partial charge in [-0.05, 0) is 158 Å². The Morgan fingerprint density at radius 1 is 0.400 bits per heavy atom. The zero-order valence-electron chi connectivity index (χ0n) is 58.5. The third kappa shape index (κ3) is 21.9. The van der Waals surface area contributed by atoms with E-state index in [0.717, 1.165) is 27.5 Å². The van der Waals surface area contributed by atoms with Crippen molar-refractivity contribution in [2.45, 2.75) is 98.0 Å². The fourth-order valence-electron chi connectivity index (χ4n) is 10.4. The van der Waals surface area contributed by atoms with Crippen molar-refractivity contribution in [3.8, 4) is 39.1 Å². The van der Waals surface area contributed by atoms with E-state index in [1.54, 1.807) is 190 Å². The predicted molar refractivity (Wildman–Crippen MR) is 379 cm³/mol. The number of hydrogen-bond donors (Lipinski definition) is 1. The van der Waals surface area contributed by atoms with E-state index in [9.17, 15) is 73.1 Å². The molecule has 0 aromatic heterocycles. The van der Waals surface area contributed by atoms with Gasteiger partial charge in [-0.1, -0.05) is 96.5 Å². The average molecular weight is 1470 g/mol. The van der Waals surface area contributed by atoms with E-state index in [0.29, 0.717) is 86.1 Å². The second kappa shape index (κ2) is 33.9. The van der Waals surface area contributed by atoms with Gasteiger partial charge in [0.1, 0.15) is 111 Å². The minimum atomic E-state index is -1.39. The summed E-state index contributed by atoms with van der Waals surface area (Å²) in [4.78, 5) is 92.5. The minimum absolute atomic E-state index is 0.162. The fraction of sp³-hybridized carbons (Fsp3) is 0.237. The number of halogens is 10. The Morgan fingerprint density at radius 2 is 0.724 bits per heavy atom. The summed E-state index contributed by atoms with van der Waals surface area (Å²) >= 11 is 6.27. The van der Waals surface area contributed by atoms with Gasteiger partial charge in [-0.2, -0.15) is 0 Å². The lowest BCUT2D eigenvalue weighted by atomic mass is 10.0. The maximum absolute atomic E-state index is 14.5. The van der Waals surface area contributed by atoms with Gasteiger partial charge in [0.15, 0.2) is 0 Å². The summed E-state index contributed by atoms with van der Waals surface area (Å²) in [5.74, 6) is -17.3. The third-order valence-corrected chi connectivity index (χ3v) is 15.3. The first-order valence-corrected chi connectivity index (χ1v) is 32.9. The zero-order valence-corrected chi connectivity index (χ0v) is 59.3. The van der Waals surface area contributed by atoms with E-state index in [1.807, 2.05) is 0 Å². The molecule has 105 heavy (non-hydrogen) atoms. The van der Waals surface area contributed by atoms with Gasteiger partial charge < -0.3 is 24.3 Å². The van der Waals surface area contributed by atoms with E-state index in [4.69, 9.17) is 30.5 Å². The summed E-state index contributed by atoms with van der Waals surface area (Å²) in [6.45, 7) is 12.9. The maximum atomic E-state index is 14.5. The van der Waals surface area contributed by atoms with Crippen LogP contribution in [0.2, 0.25) is 5.02 Å². The molecule has 9 aromatic carbocycles. The fourth-order valence-corrected chi connectivity index (χ4v) is 10.7. The SMILES string of the molecule is CC(C)(C)OC(=O)CN(C(=O)c1c(F)cc(F)cc1F)c1cccc(-c2ccc(C(=O)NC3CC3)cc2)c1.CC(C)(C)OC(=O)CN(C(=O)c1c(F)cc(F)cc1F)c1cccc(-c2ccccc2Cl)c1.COc1ccccc1-c1cccc(N(CC(=O)OC(C)(C)C)C(=O)c2c(F)cc(F)cc2F)c1. The Labute approximate surface area is 605 Å². The van der Waals surface area contributed by atoms with Gasteiger partial charge in [0.2, 0.25) is 0 Å². The number of benzene rings is 9. The number of anilines is 3. The number of nitrogens with one attached hydrogen (secondary N) is 1. The van der Waals surface area contributed by atoms with Crippen molar-refractivity contribution >= 4 is 70.2 Å². The molecule has 10 rings (SSSR count). The van der Waals surface area contributed by atoms with Crippen molar-refractivity contribution in [3.05, 3.63) is 262 Å². The molecule has 1 aliphatic carbocycles. The molecule has 0 aliphatic heterocycles. The molecule has 0 heterocycles. The van der Waals surface area contributed by atoms with Crippen LogP contribution >= 0.6 is 11.6 Å². The number of carbonyl (C=O) groups is 7. The molecule has 0 unspecified atom stereocenters. The highest BCUT2D eigenvalue weighted by Gasteiger charge is 2.34. The van der Waals surface area contributed by atoms with Gasteiger partial charge in [-0.15, -0.1) is 0 Å². The number of amides is 4. The number of rotatable bonds is 18. The molecule has 0 bridgehead atoms. The smallest absolute Gasteiger partial charge is 0.326 e. The van der Waals surface area contributed by atoms with Crippen molar-refractivity contribution in [1.82, 2.24) is 5.32 Å². The first-order chi connectivity index (χ1) is 49.4. The number of para-hydroxylation sites is 1. The summed E-state index contributed by atoms with van der Waals surface area (Å²) in [7, 11) is 1.51. The quantitative estimate of drug-likeness (QED) is 0.0491. The van der Waals surface area contributed by atoms with E-state index in [-0.39, 0.29) is 29.0 Å². The number of hydrogen-bond acceptors (Lipinski definition) is 11. The molecule has 1 aliphatic rings. The van der Waals surface area contributed by atoms with Crippen LogP contribution in [0.3, 0.4) is 0 Å². The van der Waals surface area contributed by atoms with E-state index in [2.05, 4.69) is 5.32 Å². The van der Waals surface area contributed by atoms with Gasteiger partial charge in [0.05, 0.1) is 7.11 Å². The Morgan fingerprint density at radius 3 is 1.07 bits per heavy atom. The van der Waals surface area contributed by atoms with E-state index in [1.165, 1.54) is 25.3 Å². The summed E-state index contributed by atoms with van der Waals surface area (Å²) in [6.07, 6.45) is 1.95. The zero-order chi connectivity index (χ0) is 77.0. The standard InChI is InChI=1S/C29H27F3N2O4.C26H24F3NO4.C25H21ClF3NO3/c1-29(2,3)38-25(35)16-34(28(37)26-23(31)14-20(30)15-24(26)32)22-6-4-5-19(13-22)17-7-9-18(10-8-17)27(36)33-21-11-12-21;1-26(2,3)34-23(31)15-30(25(32)24-20(28)13-17(27)14-21(24)29)18-9-7-8-16(12-18)19-10-5-6-11-22(19)33-4;1-25(2,3)33-22(31)14-30(24(32)23-20(28)12-16(27)13-21(23)29)17-8-6-7-15(11-17)18-9-4-5-10-19(18)26/h4-10,13-15,21H,11-12,16H2,1-3H3,(H,33,36);5-14H,15H2,1-4H3;4-13H,14H2,1-3H3. The lowest BCUT2D eigenvalue weighted by Crippen LogP contribution is -2.39. The number of nitrogens with zero attached hydrogens (tertiary/aromatic N) is 3. The van der Waals surface area contributed by atoms with Crippen molar-refractivity contribution in [2.24, 2.45) is 0 Å². The summed E-state index contributed by atoms with van der Waals surface area (Å²) in [6, 6.07) is 43.0. The molecule has 0 atom stereocenters. The van der Waals surface area contributed by atoms with Crippen LogP contribution in [0.25, 0.3) is 33.4 Å². The number of methoxy groups -OCH3 is 1. The molecular formula is C80H72ClF9N4O11. The number of ether oxygens (including phenoxy) is 4. The first-order valence-electron chi connectivity index (χ1n) is 32.5. The lowest BCUT2D eigenvalue weighted by molar-refractivity contribution is -0.154. The predicted octanol–water partition coefficient (Wildman–Crippen LogP) is 17.8. The first kappa shape index (κ1) is 79.4. The average Bonchev–Trinajstić information content (AvgIpc) is 1.19. The van der Waals surface area contributed by atoms with Crippen molar-refractivity contribution in [1.29, 1.82) is 0 Å². The second-order valence-corrected chi connectivity index (χ2v) is 27.2. The molecule has 0 spiro atoms. The highest BCUT2D eigenvalue weighted by molar-refractivity contribution is 6.33.